The third kappa shape index (κ3) is 7.78. The summed E-state index contributed by atoms with van der Waals surface area (Å²) in [7, 11) is 1.51. The Bertz CT molecular complexity index is 735. The zero-order valence-electron chi connectivity index (χ0n) is 16.6. The van der Waals surface area contributed by atoms with E-state index in [0.717, 1.165) is 32.4 Å². The van der Waals surface area contributed by atoms with Gasteiger partial charge in [-0.1, -0.05) is 12.1 Å². The zero-order chi connectivity index (χ0) is 21.1. The lowest BCUT2D eigenvalue weighted by Crippen LogP contribution is -2.37. The molecule has 9 heteroatoms. The number of nitrogens with zero attached hydrogens (tertiary/aromatic N) is 1. The number of benzene rings is 1. The molecule has 0 atom stereocenters. The van der Waals surface area contributed by atoms with Crippen LogP contribution < -0.4 is 10.6 Å². The maximum Gasteiger partial charge on any atom is 0.306 e. The molecule has 0 saturated carbocycles. The van der Waals surface area contributed by atoms with E-state index in [1.807, 2.05) is 4.90 Å². The SMILES string of the molecule is COCCOC(=O)CCC(=O)NC(=S)Nc1ccccc1C(=O)N1CCCCC1. The molecule has 0 aliphatic carbocycles. The third-order valence-corrected chi connectivity index (χ3v) is 4.61. The maximum absolute atomic E-state index is 12.8. The van der Waals surface area contributed by atoms with Crippen molar-refractivity contribution in [3.63, 3.8) is 0 Å². The zero-order valence-corrected chi connectivity index (χ0v) is 17.4. The van der Waals surface area contributed by atoms with Crippen LogP contribution in [0.25, 0.3) is 0 Å². The van der Waals surface area contributed by atoms with Gasteiger partial charge in [-0.3, -0.25) is 14.4 Å². The number of likely N-dealkylation sites (tertiary alicyclic amines) is 1. The van der Waals surface area contributed by atoms with E-state index in [-0.39, 0.29) is 30.5 Å². The van der Waals surface area contributed by atoms with Crippen molar-refractivity contribution >= 4 is 40.8 Å². The monoisotopic (exact) mass is 421 g/mol. The Kier molecular flexibility index (Phi) is 9.52. The van der Waals surface area contributed by atoms with Gasteiger partial charge in [0.05, 0.1) is 24.3 Å². The molecule has 0 spiro atoms. The summed E-state index contributed by atoms with van der Waals surface area (Å²) in [6.07, 6.45) is 3.04. The number of carbonyl (C=O) groups is 3. The van der Waals surface area contributed by atoms with Crippen LogP contribution in [0.15, 0.2) is 24.3 Å². The standard InChI is InChI=1S/C20H27N3O5S/c1-27-13-14-28-18(25)10-9-17(24)22-20(29)21-16-8-4-3-7-15(16)19(26)23-11-5-2-6-12-23/h3-4,7-8H,2,5-6,9-14H2,1H3,(H2,21,22,24,29). The predicted molar refractivity (Wildman–Crippen MR) is 113 cm³/mol. The first-order chi connectivity index (χ1) is 14.0. The van der Waals surface area contributed by atoms with Crippen molar-refractivity contribution in [3.8, 4) is 0 Å². The van der Waals surface area contributed by atoms with Gasteiger partial charge in [0.25, 0.3) is 5.91 Å². The van der Waals surface area contributed by atoms with E-state index in [0.29, 0.717) is 17.9 Å². The molecule has 1 saturated heterocycles. The van der Waals surface area contributed by atoms with E-state index in [1.165, 1.54) is 7.11 Å². The molecule has 0 unspecified atom stereocenters. The minimum atomic E-state index is -0.478. The lowest BCUT2D eigenvalue weighted by Gasteiger charge is -2.27. The average Bonchev–Trinajstić information content (AvgIpc) is 2.73. The summed E-state index contributed by atoms with van der Waals surface area (Å²) < 4.78 is 9.68. The number of rotatable bonds is 8. The van der Waals surface area contributed by atoms with Crippen LogP contribution in [0, 0.1) is 0 Å². The first-order valence-corrected chi connectivity index (χ1v) is 10.1. The highest BCUT2D eigenvalue weighted by molar-refractivity contribution is 7.80. The number of carbonyl (C=O) groups excluding carboxylic acids is 3. The first kappa shape index (κ1) is 22.8. The molecule has 1 fully saturated rings. The molecule has 2 rings (SSSR count). The molecule has 0 aromatic heterocycles. The predicted octanol–water partition coefficient (Wildman–Crippen LogP) is 2.10. The summed E-state index contributed by atoms with van der Waals surface area (Å²) >= 11 is 5.18. The second-order valence-electron chi connectivity index (χ2n) is 6.61. The van der Waals surface area contributed by atoms with Gasteiger partial charge in [0, 0.05) is 26.6 Å². The van der Waals surface area contributed by atoms with Crippen LogP contribution in [0.5, 0.6) is 0 Å². The van der Waals surface area contributed by atoms with E-state index < -0.39 is 11.9 Å². The van der Waals surface area contributed by atoms with Gasteiger partial charge in [0.15, 0.2) is 5.11 Å². The van der Waals surface area contributed by atoms with Crippen molar-refractivity contribution in [2.75, 3.05) is 38.7 Å². The van der Waals surface area contributed by atoms with Crippen molar-refractivity contribution in [3.05, 3.63) is 29.8 Å². The quantitative estimate of drug-likeness (QED) is 0.377. The van der Waals surface area contributed by atoms with Crippen LogP contribution in [-0.2, 0) is 19.1 Å². The maximum atomic E-state index is 12.8. The van der Waals surface area contributed by atoms with Crippen LogP contribution in [-0.4, -0.2) is 61.2 Å². The minimum Gasteiger partial charge on any atom is -0.463 e. The van der Waals surface area contributed by atoms with Gasteiger partial charge >= 0.3 is 5.97 Å². The molecular weight excluding hydrogens is 394 g/mol. The Morgan fingerprint density at radius 2 is 1.79 bits per heavy atom. The number of hydrogen-bond donors (Lipinski definition) is 2. The normalized spacial score (nSPS) is 13.5. The van der Waals surface area contributed by atoms with Gasteiger partial charge in [0.1, 0.15) is 6.61 Å². The highest BCUT2D eigenvalue weighted by Crippen LogP contribution is 2.20. The Morgan fingerprint density at radius 1 is 1.07 bits per heavy atom. The molecule has 1 aromatic rings. The van der Waals surface area contributed by atoms with Crippen LogP contribution in [0.2, 0.25) is 0 Å². The van der Waals surface area contributed by atoms with Crippen LogP contribution in [0.3, 0.4) is 0 Å². The van der Waals surface area contributed by atoms with E-state index in [9.17, 15) is 14.4 Å². The summed E-state index contributed by atoms with van der Waals surface area (Å²) in [6.45, 7) is 1.95. The average molecular weight is 422 g/mol. The van der Waals surface area contributed by atoms with E-state index >= 15 is 0 Å². The van der Waals surface area contributed by atoms with Gasteiger partial charge in [-0.05, 0) is 43.6 Å². The summed E-state index contributed by atoms with van der Waals surface area (Å²) in [5, 5.41) is 5.50. The lowest BCUT2D eigenvalue weighted by molar-refractivity contribution is -0.146. The number of hydrogen-bond acceptors (Lipinski definition) is 6. The number of piperidine rings is 1. The summed E-state index contributed by atoms with van der Waals surface area (Å²) in [4.78, 5) is 38.2. The number of methoxy groups -OCH3 is 1. The van der Waals surface area contributed by atoms with Crippen molar-refractivity contribution < 1.29 is 23.9 Å². The van der Waals surface area contributed by atoms with Gasteiger partial charge < -0.3 is 25.0 Å². The van der Waals surface area contributed by atoms with Gasteiger partial charge in [-0.2, -0.15) is 0 Å². The highest BCUT2D eigenvalue weighted by atomic mass is 32.1. The second kappa shape index (κ2) is 12.1. The van der Waals surface area contributed by atoms with Gasteiger partial charge in [-0.25, -0.2) is 0 Å². The molecule has 29 heavy (non-hydrogen) atoms. The number of thiocarbonyl (C=S) groups is 1. The van der Waals surface area contributed by atoms with Crippen LogP contribution in [0.1, 0.15) is 42.5 Å². The van der Waals surface area contributed by atoms with Crippen molar-refractivity contribution in [2.45, 2.75) is 32.1 Å². The summed E-state index contributed by atoms with van der Waals surface area (Å²) in [6, 6.07) is 7.05. The van der Waals surface area contributed by atoms with E-state index in [2.05, 4.69) is 10.6 Å². The molecule has 158 valence electrons. The molecule has 1 aromatic carbocycles. The number of nitrogens with one attached hydrogen (secondary N) is 2. The number of anilines is 1. The molecule has 1 aliphatic heterocycles. The Hall–Kier alpha value is -2.52. The lowest BCUT2D eigenvalue weighted by atomic mass is 10.1. The molecule has 1 aliphatic rings. The fourth-order valence-electron chi connectivity index (χ4n) is 2.92. The largest absolute Gasteiger partial charge is 0.463 e. The van der Waals surface area contributed by atoms with Crippen LogP contribution >= 0.6 is 12.2 Å². The van der Waals surface area contributed by atoms with Crippen LogP contribution in [0.4, 0.5) is 5.69 Å². The number of para-hydroxylation sites is 1. The summed E-state index contributed by atoms with van der Waals surface area (Å²) in [5.74, 6) is -0.944. The summed E-state index contributed by atoms with van der Waals surface area (Å²) in [5.41, 5.74) is 1.04. The minimum absolute atomic E-state index is 0.0534. The fourth-order valence-corrected chi connectivity index (χ4v) is 3.14. The molecule has 1 heterocycles. The topological polar surface area (TPSA) is 97.0 Å². The molecule has 2 amide bonds. The van der Waals surface area contributed by atoms with Crippen molar-refractivity contribution in [2.24, 2.45) is 0 Å². The smallest absolute Gasteiger partial charge is 0.306 e. The molecule has 0 bridgehead atoms. The van der Waals surface area contributed by atoms with E-state index in [1.54, 1.807) is 24.3 Å². The first-order valence-electron chi connectivity index (χ1n) is 9.65. The number of ether oxygens (including phenoxy) is 2. The molecular formula is C20H27N3O5S. The molecule has 0 radical (unpaired) electrons. The van der Waals surface area contributed by atoms with Crippen molar-refractivity contribution in [1.82, 2.24) is 10.2 Å². The number of amides is 2. The molecule has 8 nitrogen and oxygen atoms in total. The molecule has 2 N–H and O–H groups in total. The Morgan fingerprint density at radius 3 is 2.52 bits per heavy atom. The van der Waals surface area contributed by atoms with Gasteiger partial charge in [0.2, 0.25) is 5.91 Å². The second-order valence-corrected chi connectivity index (χ2v) is 7.02. The van der Waals surface area contributed by atoms with E-state index in [4.69, 9.17) is 21.7 Å². The highest BCUT2D eigenvalue weighted by Gasteiger charge is 2.21. The van der Waals surface area contributed by atoms with Gasteiger partial charge in [-0.15, -0.1) is 0 Å². The Balaban J connectivity index is 1.85. The fraction of sp³-hybridized carbons (Fsp3) is 0.500. The Labute approximate surface area is 175 Å². The van der Waals surface area contributed by atoms with Crippen molar-refractivity contribution in [1.29, 1.82) is 0 Å². The number of esters is 1. The third-order valence-electron chi connectivity index (χ3n) is 4.41.